The molecule has 0 heterocycles. The van der Waals surface area contributed by atoms with Crippen LogP contribution in [0.3, 0.4) is 0 Å². The molecule has 0 fully saturated rings. The summed E-state index contributed by atoms with van der Waals surface area (Å²) in [5.74, 6) is -1.87. The maximum atomic E-state index is 12.6. The van der Waals surface area contributed by atoms with Gasteiger partial charge in [-0.3, -0.25) is 4.79 Å². The fourth-order valence-corrected chi connectivity index (χ4v) is 3.64. The normalized spacial score (nSPS) is 12.5. The van der Waals surface area contributed by atoms with Gasteiger partial charge >= 0.3 is 12.6 Å². The van der Waals surface area contributed by atoms with Gasteiger partial charge in [-0.15, -0.1) is 0 Å². The molecule has 8 nitrogen and oxygen atoms in total. The lowest BCUT2D eigenvalue weighted by Gasteiger charge is -2.16. The highest BCUT2D eigenvalue weighted by Gasteiger charge is 2.24. The minimum atomic E-state index is -3.77. The van der Waals surface area contributed by atoms with Crippen molar-refractivity contribution in [1.29, 1.82) is 0 Å². The molecule has 0 radical (unpaired) electrons. The van der Waals surface area contributed by atoms with Crippen molar-refractivity contribution < 1.29 is 36.3 Å². The highest BCUT2D eigenvalue weighted by Crippen LogP contribution is 2.29. The van der Waals surface area contributed by atoms with Gasteiger partial charge in [0.25, 0.3) is 5.91 Å². The number of carbonyl (C=O) groups is 2. The summed E-state index contributed by atoms with van der Waals surface area (Å²) in [6.45, 7) is -0.140. The molecule has 0 aromatic heterocycles. The topological polar surface area (TPSA) is 102 Å². The molecule has 1 unspecified atom stereocenters. The number of esters is 1. The summed E-state index contributed by atoms with van der Waals surface area (Å²) in [7, 11) is -1.06. The van der Waals surface area contributed by atoms with Crippen molar-refractivity contribution in [2.24, 2.45) is 0 Å². The molecule has 0 spiro atoms. The molecule has 0 aliphatic heterocycles. The Kier molecular flexibility index (Phi) is 8.16. The van der Waals surface area contributed by atoms with E-state index in [-0.39, 0.29) is 26.9 Å². The third-order valence-electron chi connectivity index (χ3n) is 4.28. The summed E-state index contributed by atoms with van der Waals surface area (Å²) >= 11 is 5.84. The zero-order valence-electron chi connectivity index (χ0n) is 17.6. The number of nitrogens with zero attached hydrogens (tertiary/aromatic N) is 1. The van der Waals surface area contributed by atoms with Gasteiger partial charge in [-0.2, -0.15) is 8.78 Å². The highest BCUT2D eigenvalue weighted by molar-refractivity contribution is 7.89. The van der Waals surface area contributed by atoms with Crippen LogP contribution in [-0.2, 0) is 19.6 Å². The Balaban J connectivity index is 2.12. The molecule has 0 aliphatic rings. The number of nitrogens with one attached hydrogen (secondary N) is 1. The average molecular weight is 491 g/mol. The number of anilines is 1. The van der Waals surface area contributed by atoms with E-state index in [1.165, 1.54) is 51.4 Å². The van der Waals surface area contributed by atoms with Crippen LogP contribution in [0, 0.1) is 6.92 Å². The first-order valence-corrected chi connectivity index (χ1v) is 10.9. The number of sulfonamides is 1. The largest absolute Gasteiger partial charge is 0.449 e. The molecule has 1 atom stereocenters. The smallest absolute Gasteiger partial charge is 0.387 e. The molecule has 0 saturated heterocycles. The van der Waals surface area contributed by atoms with E-state index >= 15 is 0 Å². The van der Waals surface area contributed by atoms with E-state index in [0.29, 0.717) is 5.56 Å². The first-order valence-electron chi connectivity index (χ1n) is 9.12. The van der Waals surface area contributed by atoms with Crippen molar-refractivity contribution >= 4 is 39.2 Å². The number of amides is 1. The Morgan fingerprint density at radius 3 is 2.34 bits per heavy atom. The van der Waals surface area contributed by atoms with E-state index < -0.39 is 34.6 Å². The van der Waals surface area contributed by atoms with Crippen LogP contribution >= 0.6 is 11.6 Å². The molecular weight excluding hydrogens is 470 g/mol. The predicted molar refractivity (Wildman–Crippen MR) is 114 cm³/mol. The van der Waals surface area contributed by atoms with Gasteiger partial charge in [-0.05, 0) is 49.7 Å². The molecule has 0 bridgehead atoms. The van der Waals surface area contributed by atoms with Gasteiger partial charge in [0.1, 0.15) is 5.75 Å². The van der Waals surface area contributed by atoms with Crippen LogP contribution < -0.4 is 10.1 Å². The Hall–Kier alpha value is -2.76. The Bertz CT molecular complexity index is 1130. The fraction of sp³-hybridized carbons (Fsp3) is 0.300. The molecule has 2 aromatic carbocycles. The summed E-state index contributed by atoms with van der Waals surface area (Å²) in [5.41, 5.74) is 0.616. The predicted octanol–water partition coefficient (Wildman–Crippen LogP) is 3.68. The van der Waals surface area contributed by atoms with Crippen LogP contribution in [-0.4, -0.2) is 51.4 Å². The summed E-state index contributed by atoms with van der Waals surface area (Å²) in [6.07, 6.45) is -1.26. The average Bonchev–Trinajstić information content (AvgIpc) is 2.69. The van der Waals surface area contributed by atoms with Crippen LogP contribution in [0.4, 0.5) is 14.5 Å². The third-order valence-corrected chi connectivity index (χ3v) is 6.38. The number of ether oxygens (including phenoxy) is 2. The number of alkyl halides is 2. The van der Waals surface area contributed by atoms with E-state index in [0.717, 1.165) is 10.4 Å². The zero-order chi connectivity index (χ0) is 24.2. The molecule has 0 aliphatic carbocycles. The van der Waals surface area contributed by atoms with Gasteiger partial charge in [0.05, 0.1) is 15.5 Å². The van der Waals surface area contributed by atoms with Gasteiger partial charge in [0.15, 0.2) is 6.10 Å². The summed E-state index contributed by atoms with van der Waals surface area (Å²) in [6, 6.07) is 7.65. The number of aryl methyl sites for hydroxylation is 1. The second-order valence-electron chi connectivity index (χ2n) is 6.82. The maximum Gasteiger partial charge on any atom is 0.387 e. The lowest BCUT2D eigenvalue weighted by atomic mass is 10.1. The first-order chi connectivity index (χ1) is 14.8. The lowest BCUT2D eigenvalue weighted by Crippen LogP contribution is -2.30. The third kappa shape index (κ3) is 6.15. The number of hydrogen-bond acceptors (Lipinski definition) is 6. The molecule has 12 heteroatoms. The molecule has 1 N–H and O–H groups in total. The number of benzene rings is 2. The minimum Gasteiger partial charge on any atom is -0.449 e. The maximum absolute atomic E-state index is 12.6. The Morgan fingerprint density at radius 1 is 1.12 bits per heavy atom. The SMILES string of the molecule is Cc1ccc(S(=O)(=O)N(C)C)cc1C(=O)OC(C)C(=O)Nc1ccc(OC(F)F)c(Cl)c1. The van der Waals surface area contributed by atoms with E-state index in [2.05, 4.69) is 10.1 Å². The zero-order valence-corrected chi connectivity index (χ0v) is 19.1. The van der Waals surface area contributed by atoms with Crippen LogP contribution in [0.5, 0.6) is 5.75 Å². The van der Waals surface area contributed by atoms with Gasteiger partial charge in [-0.1, -0.05) is 17.7 Å². The van der Waals surface area contributed by atoms with Crippen LogP contribution in [0.15, 0.2) is 41.3 Å². The Morgan fingerprint density at radius 2 is 1.78 bits per heavy atom. The van der Waals surface area contributed by atoms with Gasteiger partial charge < -0.3 is 14.8 Å². The van der Waals surface area contributed by atoms with E-state index in [1.54, 1.807) is 6.92 Å². The number of hydrogen-bond donors (Lipinski definition) is 1. The van der Waals surface area contributed by atoms with E-state index in [4.69, 9.17) is 16.3 Å². The van der Waals surface area contributed by atoms with Gasteiger partial charge in [-0.25, -0.2) is 17.5 Å². The molecule has 2 rings (SSSR count). The summed E-state index contributed by atoms with van der Waals surface area (Å²) in [5, 5.41) is 2.29. The van der Waals surface area contributed by atoms with Crippen molar-refractivity contribution in [3.8, 4) is 5.75 Å². The molecular formula is C20H21ClF2N2O6S. The first kappa shape index (κ1) is 25.5. The molecule has 0 saturated carbocycles. The van der Waals surface area contributed by atoms with Gasteiger partial charge in [0.2, 0.25) is 10.0 Å². The standard InChI is InChI=1S/C20H21ClF2N2O6S/c1-11-5-7-14(32(28,29)25(3)4)10-15(11)19(27)30-12(2)18(26)24-13-6-8-17(16(21)9-13)31-20(22)23/h5-10,12,20H,1-4H3,(H,24,26). The summed E-state index contributed by atoms with van der Waals surface area (Å²) < 4.78 is 59.6. The van der Waals surface area contributed by atoms with E-state index in [9.17, 15) is 26.8 Å². The second-order valence-corrected chi connectivity index (χ2v) is 9.38. The van der Waals surface area contributed by atoms with Crippen molar-refractivity contribution in [2.75, 3.05) is 19.4 Å². The van der Waals surface area contributed by atoms with E-state index in [1.807, 2.05) is 0 Å². The Labute approximate surface area is 189 Å². The number of halogens is 3. The minimum absolute atomic E-state index is 0.0101. The quantitative estimate of drug-likeness (QED) is 0.566. The summed E-state index contributed by atoms with van der Waals surface area (Å²) in [4.78, 5) is 24.8. The van der Waals surface area contributed by atoms with Crippen LogP contribution in [0.1, 0.15) is 22.8 Å². The van der Waals surface area contributed by atoms with Crippen molar-refractivity contribution in [2.45, 2.75) is 31.5 Å². The lowest BCUT2D eigenvalue weighted by molar-refractivity contribution is -0.123. The number of rotatable bonds is 8. The molecule has 174 valence electrons. The van der Waals surface area contributed by atoms with Crippen LogP contribution in [0.25, 0.3) is 0 Å². The van der Waals surface area contributed by atoms with Crippen LogP contribution in [0.2, 0.25) is 5.02 Å². The van der Waals surface area contributed by atoms with Crippen molar-refractivity contribution in [3.63, 3.8) is 0 Å². The highest BCUT2D eigenvalue weighted by atomic mass is 35.5. The molecule has 2 aromatic rings. The van der Waals surface area contributed by atoms with Crippen molar-refractivity contribution in [1.82, 2.24) is 4.31 Å². The monoisotopic (exact) mass is 490 g/mol. The second kappa shape index (κ2) is 10.2. The fourth-order valence-electron chi connectivity index (χ4n) is 2.48. The molecule has 1 amide bonds. The van der Waals surface area contributed by atoms with Crippen molar-refractivity contribution in [3.05, 3.63) is 52.5 Å². The van der Waals surface area contributed by atoms with Gasteiger partial charge in [0, 0.05) is 19.8 Å². The molecule has 32 heavy (non-hydrogen) atoms. The number of carbonyl (C=O) groups excluding carboxylic acids is 2.